The number of aryl methyl sites for hydroxylation is 4. The second-order valence-electron chi connectivity index (χ2n) is 9.43. The van der Waals surface area contributed by atoms with Crippen molar-refractivity contribution in [3.63, 3.8) is 0 Å². The topological polar surface area (TPSA) is 55.4 Å². The zero-order valence-electron chi connectivity index (χ0n) is 24.2. The molecule has 6 heteroatoms. The molecule has 4 rings (SSSR count). The molecule has 40 heavy (non-hydrogen) atoms. The summed E-state index contributed by atoms with van der Waals surface area (Å²) in [4.78, 5) is 0. The van der Waals surface area contributed by atoms with Gasteiger partial charge in [-0.3, -0.25) is 0 Å². The summed E-state index contributed by atoms with van der Waals surface area (Å²) in [7, 11) is 10.0. The van der Waals surface area contributed by atoms with Crippen molar-refractivity contribution in [2.45, 2.75) is 25.7 Å². The lowest BCUT2D eigenvalue weighted by molar-refractivity contribution is 0.354. The van der Waals surface area contributed by atoms with Gasteiger partial charge in [-0.1, -0.05) is 36.4 Å². The third-order valence-corrected chi connectivity index (χ3v) is 7.17. The summed E-state index contributed by atoms with van der Waals surface area (Å²) in [5.74, 6) is 4.68. The molecule has 6 nitrogen and oxygen atoms in total. The largest absolute Gasteiger partial charge is 0.496 e. The van der Waals surface area contributed by atoms with Gasteiger partial charge in [-0.2, -0.15) is 0 Å². The van der Waals surface area contributed by atoms with Crippen molar-refractivity contribution in [3.8, 4) is 45.6 Å². The summed E-state index contributed by atoms with van der Waals surface area (Å²) in [5, 5.41) is 0. The number of benzene rings is 4. The van der Waals surface area contributed by atoms with Crippen molar-refractivity contribution in [1.82, 2.24) is 0 Å². The molecule has 210 valence electrons. The smallest absolute Gasteiger partial charge is 0.160 e. The predicted octanol–water partition coefficient (Wildman–Crippen LogP) is 6.98. The molecule has 0 unspecified atom stereocenters. The summed E-state index contributed by atoms with van der Waals surface area (Å²) >= 11 is 0. The molecule has 0 N–H and O–H groups in total. The minimum absolute atomic E-state index is 0.732. The second-order valence-corrected chi connectivity index (χ2v) is 9.43. The average molecular weight is 543 g/mol. The van der Waals surface area contributed by atoms with E-state index in [1.54, 1.807) is 42.7 Å². The van der Waals surface area contributed by atoms with Crippen LogP contribution in [0.25, 0.3) is 11.1 Å². The Balaban J connectivity index is 1.48. The maximum atomic E-state index is 5.79. The fourth-order valence-electron chi connectivity index (χ4n) is 4.89. The van der Waals surface area contributed by atoms with Crippen LogP contribution in [-0.4, -0.2) is 42.7 Å². The van der Waals surface area contributed by atoms with Crippen LogP contribution in [-0.2, 0) is 25.7 Å². The molecule has 0 bridgehead atoms. The van der Waals surface area contributed by atoms with Crippen molar-refractivity contribution in [2.24, 2.45) is 0 Å². The van der Waals surface area contributed by atoms with Crippen LogP contribution in [0.3, 0.4) is 0 Å². The SMILES string of the molecule is COc1cc(-c2ccc(CCc3ccc(OC)c(OC)c3)c(OC)c2)ccc1CCc1ccc(OC)c(OC)c1. The third kappa shape index (κ3) is 6.63. The minimum atomic E-state index is 0.732. The molecule has 0 fully saturated rings. The molecule has 0 aliphatic heterocycles. The van der Waals surface area contributed by atoms with E-state index in [9.17, 15) is 0 Å². The van der Waals surface area contributed by atoms with Crippen LogP contribution in [0, 0.1) is 0 Å². The number of rotatable bonds is 13. The molecule has 0 spiro atoms. The summed E-state index contributed by atoms with van der Waals surface area (Å²) in [6.45, 7) is 0. The highest BCUT2D eigenvalue weighted by Crippen LogP contribution is 2.34. The van der Waals surface area contributed by atoms with Crippen LogP contribution in [0.4, 0.5) is 0 Å². The van der Waals surface area contributed by atoms with Crippen LogP contribution in [0.15, 0.2) is 72.8 Å². The third-order valence-electron chi connectivity index (χ3n) is 7.17. The zero-order valence-corrected chi connectivity index (χ0v) is 24.2. The quantitative estimate of drug-likeness (QED) is 0.182. The van der Waals surface area contributed by atoms with Gasteiger partial charge in [0.15, 0.2) is 23.0 Å². The van der Waals surface area contributed by atoms with E-state index in [2.05, 4.69) is 48.5 Å². The molecule has 0 aliphatic carbocycles. The van der Waals surface area contributed by atoms with Gasteiger partial charge in [-0.25, -0.2) is 0 Å². The molecule has 0 saturated heterocycles. The van der Waals surface area contributed by atoms with E-state index in [1.165, 1.54) is 11.1 Å². The Bertz CT molecular complexity index is 1320. The monoisotopic (exact) mass is 542 g/mol. The molecule has 0 heterocycles. The Labute approximate surface area is 237 Å². The van der Waals surface area contributed by atoms with E-state index in [4.69, 9.17) is 28.4 Å². The lowest BCUT2D eigenvalue weighted by Crippen LogP contribution is -1.99. The summed E-state index contributed by atoms with van der Waals surface area (Å²) in [6, 6.07) is 24.9. The molecular formula is C34H38O6. The molecule has 4 aromatic rings. The second kappa shape index (κ2) is 13.7. The van der Waals surface area contributed by atoms with E-state index in [0.29, 0.717) is 0 Å². The first kappa shape index (κ1) is 28.7. The molecule has 0 radical (unpaired) electrons. The summed E-state index contributed by atoms with van der Waals surface area (Å²) in [6.07, 6.45) is 3.41. The van der Waals surface area contributed by atoms with Crippen molar-refractivity contribution in [2.75, 3.05) is 42.7 Å². The van der Waals surface area contributed by atoms with Gasteiger partial charge in [-0.15, -0.1) is 0 Å². The number of ether oxygens (including phenoxy) is 6. The highest BCUT2D eigenvalue weighted by Gasteiger charge is 2.12. The van der Waals surface area contributed by atoms with Crippen LogP contribution in [0.5, 0.6) is 34.5 Å². The number of methoxy groups -OCH3 is 6. The van der Waals surface area contributed by atoms with Crippen LogP contribution >= 0.6 is 0 Å². The highest BCUT2D eigenvalue weighted by atomic mass is 16.5. The van der Waals surface area contributed by atoms with Crippen molar-refractivity contribution in [1.29, 1.82) is 0 Å². The standard InChI is InChI=1S/C34H38O6/c1-35-29-17-9-23(19-33(29)39-5)7-11-25-13-15-27(21-31(25)37-3)28-16-14-26(32(22-28)38-4)12-8-24-10-18-30(36-2)34(20-24)40-6/h9-10,13-22H,7-8,11-12H2,1-6H3. The molecule has 0 atom stereocenters. The van der Waals surface area contributed by atoms with Gasteiger partial charge >= 0.3 is 0 Å². The summed E-state index contributed by atoms with van der Waals surface area (Å²) in [5.41, 5.74) is 6.82. The van der Waals surface area contributed by atoms with Gasteiger partial charge in [0, 0.05) is 0 Å². The first-order chi connectivity index (χ1) is 19.5. The lowest BCUT2D eigenvalue weighted by Gasteiger charge is -2.14. The lowest BCUT2D eigenvalue weighted by atomic mass is 9.96. The van der Waals surface area contributed by atoms with Crippen LogP contribution < -0.4 is 28.4 Å². The maximum absolute atomic E-state index is 5.79. The predicted molar refractivity (Wildman–Crippen MR) is 159 cm³/mol. The van der Waals surface area contributed by atoms with E-state index in [1.807, 2.05) is 24.3 Å². The highest BCUT2D eigenvalue weighted by molar-refractivity contribution is 5.68. The zero-order chi connectivity index (χ0) is 28.5. The van der Waals surface area contributed by atoms with E-state index in [0.717, 1.165) is 82.4 Å². The Morgan fingerprint density at radius 1 is 0.350 bits per heavy atom. The van der Waals surface area contributed by atoms with Gasteiger partial charge in [0.2, 0.25) is 0 Å². The van der Waals surface area contributed by atoms with Gasteiger partial charge < -0.3 is 28.4 Å². The molecule has 0 amide bonds. The van der Waals surface area contributed by atoms with Gasteiger partial charge in [0.25, 0.3) is 0 Å². The first-order valence-electron chi connectivity index (χ1n) is 13.3. The number of hydrogen-bond acceptors (Lipinski definition) is 6. The Kier molecular flexibility index (Phi) is 9.79. The molecule has 0 aliphatic rings. The molecular weight excluding hydrogens is 504 g/mol. The fourth-order valence-corrected chi connectivity index (χ4v) is 4.89. The molecule has 4 aromatic carbocycles. The fraction of sp³-hybridized carbons (Fsp3) is 0.294. The van der Waals surface area contributed by atoms with Gasteiger partial charge in [0.1, 0.15) is 11.5 Å². The maximum Gasteiger partial charge on any atom is 0.160 e. The minimum Gasteiger partial charge on any atom is -0.496 e. The normalized spacial score (nSPS) is 10.7. The Morgan fingerprint density at radius 2 is 0.725 bits per heavy atom. The van der Waals surface area contributed by atoms with Crippen LogP contribution in [0.1, 0.15) is 22.3 Å². The van der Waals surface area contributed by atoms with Crippen molar-refractivity contribution < 1.29 is 28.4 Å². The van der Waals surface area contributed by atoms with Crippen molar-refractivity contribution >= 4 is 0 Å². The molecule has 0 saturated carbocycles. The summed E-state index contributed by atoms with van der Waals surface area (Å²) < 4.78 is 33.2. The van der Waals surface area contributed by atoms with Gasteiger partial charge in [0.05, 0.1) is 42.7 Å². The Morgan fingerprint density at radius 3 is 1.07 bits per heavy atom. The van der Waals surface area contributed by atoms with Gasteiger partial charge in [-0.05, 0) is 95.5 Å². The van der Waals surface area contributed by atoms with E-state index < -0.39 is 0 Å². The molecule has 0 aromatic heterocycles. The van der Waals surface area contributed by atoms with E-state index in [-0.39, 0.29) is 0 Å². The number of hydrogen-bond donors (Lipinski definition) is 0. The van der Waals surface area contributed by atoms with Crippen LogP contribution in [0.2, 0.25) is 0 Å². The first-order valence-corrected chi connectivity index (χ1v) is 13.3. The van der Waals surface area contributed by atoms with Crippen molar-refractivity contribution in [3.05, 3.63) is 95.1 Å². The van der Waals surface area contributed by atoms with E-state index >= 15 is 0 Å². The Hall–Kier alpha value is -4.32. The average Bonchev–Trinajstić information content (AvgIpc) is 3.02.